The third-order valence-electron chi connectivity index (χ3n) is 6.91. The van der Waals surface area contributed by atoms with Crippen molar-refractivity contribution < 1.29 is 13.7 Å². The van der Waals surface area contributed by atoms with Gasteiger partial charge in [0, 0.05) is 25.5 Å². The van der Waals surface area contributed by atoms with Gasteiger partial charge >= 0.3 is 0 Å². The number of carbonyl (C=O) groups excluding carboxylic acids is 1. The molecule has 1 amide bonds. The molecule has 168 valence electrons. The van der Waals surface area contributed by atoms with Crippen molar-refractivity contribution in [2.75, 3.05) is 13.1 Å². The maximum absolute atomic E-state index is 13.0. The fourth-order valence-electron chi connectivity index (χ4n) is 5.09. The van der Waals surface area contributed by atoms with E-state index in [0.717, 1.165) is 55.3 Å². The predicted molar refractivity (Wildman–Crippen MR) is 118 cm³/mol. The van der Waals surface area contributed by atoms with Crippen LogP contribution >= 0.6 is 0 Å². The first-order valence-electron chi connectivity index (χ1n) is 11.8. The maximum atomic E-state index is 13.0. The fourth-order valence-corrected chi connectivity index (χ4v) is 5.09. The topological polar surface area (TPSA) is 67.2 Å². The highest BCUT2D eigenvalue weighted by Crippen LogP contribution is 2.29. The van der Waals surface area contributed by atoms with Gasteiger partial charge in [0.15, 0.2) is 0 Å². The lowest BCUT2D eigenvalue weighted by atomic mass is 9.81. The van der Waals surface area contributed by atoms with Gasteiger partial charge < -0.3 is 15.2 Å². The molecule has 31 heavy (non-hydrogen) atoms. The zero-order valence-corrected chi connectivity index (χ0v) is 18.2. The molecule has 6 heteroatoms. The Kier molecular flexibility index (Phi) is 7.73. The van der Waals surface area contributed by atoms with Gasteiger partial charge in [0.1, 0.15) is 11.6 Å². The van der Waals surface area contributed by atoms with Crippen LogP contribution in [0.5, 0.6) is 0 Å². The smallest absolute Gasteiger partial charge is 0.220 e. The van der Waals surface area contributed by atoms with E-state index in [4.69, 9.17) is 4.52 Å². The van der Waals surface area contributed by atoms with Gasteiger partial charge in [-0.15, -0.1) is 0 Å². The lowest BCUT2D eigenvalue weighted by Gasteiger charge is -2.31. The van der Waals surface area contributed by atoms with Gasteiger partial charge in [-0.1, -0.05) is 49.4 Å². The summed E-state index contributed by atoms with van der Waals surface area (Å²) in [5.41, 5.74) is 1.92. The molecule has 1 aromatic heterocycles. The summed E-state index contributed by atoms with van der Waals surface area (Å²) < 4.78 is 18.7. The Labute approximate surface area is 184 Å². The van der Waals surface area contributed by atoms with Crippen LogP contribution in [0.15, 0.2) is 34.9 Å². The number of hydrogen-bond donors (Lipinski definition) is 2. The Morgan fingerprint density at radius 1 is 1.10 bits per heavy atom. The molecular formula is C25H34FN3O2. The summed E-state index contributed by atoms with van der Waals surface area (Å²) in [6, 6.07) is 8.39. The van der Waals surface area contributed by atoms with Gasteiger partial charge in [0.2, 0.25) is 5.91 Å². The molecule has 4 rings (SSSR count). The van der Waals surface area contributed by atoms with Crippen molar-refractivity contribution in [1.29, 1.82) is 0 Å². The van der Waals surface area contributed by atoms with Crippen LogP contribution in [-0.4, -0.2) is 24.2 Å². The lowest BCUT2D eigenvalue weighted by Crippen LogP contribution is -2.40. The van der Waals surface area contributed by atoms with Gasteiger partial charge in [-0.05, 0) is 61.4 Å². The quantitative estimate of drug-likeness (QED) is 0.655. The molecule has 1 saturated carbocycles. The highest BCUT2D eigenvalue weighted by molar-refractivity contribution is 5.76. The minimum atomic E-state index is -0.262. The molecule has 0 bridgehead atoms. The van der Waals surface area contributed by atoms with E-state index in [1.54, 1.807) is 12.1 Å². The SMILES string of the molecule is O=C(CC1CCNCC1Cc1cc(CC2CCCCC2)on1)NCc1ccc(F)cc1. The number of carbonyl (C=O) groups is 1. The van der Waals surface area contributed by atoms with E-state index in [1.165, 1.54) is 44.2 Å². The van der Waals surface area contributed by atoms with Crippen molar-refractivity contribution in [3.8, 4) is 0 Å². The van der Waals surface area contributed by atoms with Crippen LogP contribution in [-0.2, 0) is 24.2 Å². The molecule has 2 aromatic rings. The van der Waals surface area contributed by atoms with Gasteiger partial charge in [-0.25, -0.2) is 4.39 Å². The average Bonchev–Trinajstić information content (AvgIpc) is 3.22. The number of nitrogens with zero attached hydrogens (tertiary/aromatic N) is 1. The van der Waals surface area contributed by atoms with Crippen molar-refractivity contribution in [1.82, 2.24) is 15.8 Å². The highest BCUT2D eigenvalue weighted by Gasteiger charge is 2.28. The Bertz CT molecular complexity index is 830. The molecule has 2 fully saturated rings. The van der Waals surface area contributed by atoms with Crippen LogP contribution in [0.25, 0.3) is 0 Å². The number of rotatable bonds is 8. The molecule has 1 aliphatic heterocycles. The van der Waals surface area contributed by atoms with Crippen LogP contribution in [0.3, 0.4) is 0 Å². The first-order chi connectivity index (χ1) is 15.2. The van der Waals surface area contributed by atoms with Crippen molar-refractivity contribution in [3.63, 3.8) is 0 Å². The summed E-state index contributed by atoms with van der Waals surface area (Å²) in [4.78, 5) is 12.5. The van der Waals surface area contributed by atoms with Crippen LogP contribution < -0.4 is 10.6 Å². The average molecular weight is 428 g/mol. The summed E-state index contributed by atoms with van der Waals surface area (Å²) in [5, 5.41) is 10.8. The summed E-state index contributed by atoms with van der Waals surface area (Å²) in [6.07, 6.45) is 10.00. The Hall–Kier alpha value is -2.21. The second kappa shape index (κ2) is 10.9. The molecule has 2 heterocycles. The minimum Gasteiger partial charge on any atom is -0.361 e. The van der Waals surface area contributed by atoms with Crippen molar-refractivity contribution in [2.45, 2.75) is 64.3 Å². The lowest BCUT2D eigenvalue weighted by molar-refractivity contribution is -0.122. The van der Waals surface area contributed by atoms with Crippen LogP contribution in [0.2, 0.25) is 0 Å². The van der Waals surface area contributed by atoms with Crippen LogP contribution in [0.4, 0.5) is 4.39 Å². The van der Waals surface area contributed by atoms with Crippen molar-refractivity contribution >= 4 is 5.91 Å². The third-order valence-corrected chi connectivity index (χ3v) is 6.91. The van der Waals surface area contributed by atoms with E-state index in [0.29, 0.717) is 24.8 Å². The van der Waals surface area contributed by atoms with E-state index in [9.17, 15) is 9.18 Å². The molecule has 2 aliphatic rings. The van der Waals surface area contributed by atoms with Crippen LogP contribution in [0.1, 0.15) is 62.0 Å². The zero-order valence-electron chi connectivity index (χ0n) is 18.2. The molecule has 2 unspecified atom stereocenters. The molecule has 1 aromatic carbocycles. The molecular weight excluding hydrogens is 393 g/mol. The van der Waals surface area contributed by atoms with E-state index < -0.39 is 0 Å². The maximum Gasteiger partial charge on any atom is 0.220 e. The third kappa shape index (κ3) is 6.63. The van der Waals surface area contributed by atoms with E-state index in [1.807, 2.05) is 0 Å². The Morgan fingerprint density at radius 3 is 2.71 bits per heavy atom. The standard InChI is InChI=1S/C25H34FN3O2/c26-22-8-6-19(7-9-22)16-28-25(30)14-20-10-11-27-17-21(20)13-23-15-24(31-29-23)12-18-4-2-1-3-5-18/h6-9,15,18,20-21,27H,1-5,10-14,16-17H2,(H,28,30). The van der Waals surface area contributed by atoms with Gasteiger partial charge in [-0.2, -0.15) is 0 Å². The first-order valence-corrected chi connectivity index (χ1v) is 11.8. The van der Waals surface area contributed by atoms with E-state index >= 15 is 0 Å². The molecule has 1 aliphatic carbocycles. The van der Waals surface area contributed by atoms with Crippen molar-refractivity contribution in [3.05, 3.63) is 53.2 Å². The van der Waals surface area contributed by atoms with Crippen molar-refractivity contribution in [2.24, 2.45) is 17.8 Å². The Morgan fingerprint density at radius 2 is 1.90 bits per heavy atom. The molecule has 0 radical (unpaired) electrons. The number of amides is 1. The monoisotopic (exact) mass is 427 g/mol. The van der Waals surface area contributed by atoms with Gasteiger partial charge in [-0.3, -0.25) is 4.79 Å². The molecule has 2 N–H and O–H groups in total. The van der Waals surface area contributed by atoms with Gasteiger partial charge in [0.05, 0.1) is 5.69 Å². The molecule has 0 spiro atoms. The normalized spacial score (nSPS) is 22.4. The number of hydrogen-bond acceptors (Lipinski definition) is 4. The molecule has 2 atom stereocenters. The largest absolute Gasteiger partial charge is 0.361 e. The number of piperidine rings is 1. The number of benzene rings is 1. The first kappa shape index (κ1) is 22.0. The fraction of sp³-hybridized carbons (Fsp3) is 0.600. The second-order valence-corrected chi connectivity index (χ2v) is 9.32. The molecule has 1 saturated heterocycles. The van der Waals surface area contributed by atoms with Gasteiger partial charge in [0.25, 0.3) is 0 Å². The summed E-state index contributed by atoms with van der Waals surface area (Å²) in [6.45, 7) is 2.28. The number of nitrogens with one attached hydrogen (secondary N) is 2. The Balaban J connectivity index is 1.27. The number of aromatic nitrogens is 1. The minimum absolute atomic E-state index is 0.0550. The van der Waals surface area contributed by atoms with E-state index in [-0.39, 0.29) is 11.7 Å². The van der Waals surface area contributed by atoms with Crippen LogP contribution in [0, 0.1) is 23.6 Å². The molecule has 5 nitrogen and oxygen atoms in total. The number of halogens is 1. The summed E-state index contributed by atoms with van der Waals surface area (Å²) in [5.74, 6) is 2.25. The second-order valence-electron chi connectivity index (χ2n) is 9.32. The summed E-state index contributed by atoms with van der Waals surface area (Å²) >= 11 is 0. The summed E-state index contributed by atoms with van der Waals surface area (Å²) in [7, 11) is 0. The highest BCUT2D eigenvalue weighted by atomic mass is 19.1. The predicted octanol–water partition coefficient (Wildman–Crippen LogP) is 4.41. The van der Waals surface area contributed by atoms with E-state index in [2.05, 4.69) is 21.9 Å². The zero-order chi connectivity index (χ0) is 21.5.